The number of aromatic nitrogens is 2. The average molecular weight is 363 g/mol. The molecule has 1 aromatic carbocycles. The zero-order chi connectivity index (χ0) is 17.6. The third kappa shape index (κ3) is 4.51. The van der Waals surface area contributed by atoms with E-state index in [1.165, 1.54) is 0 Å². The van der Waals surface area contributed by atoms with Crippen molar-refractivity contribution in [2.24, 2.45) is 0 Å². The van der Waals surface area contributed by atoms with Crippen molar-refractivity contribution in [3.05, 3.63) is 40.7 Å². The number of anilines is 1. The van der Waals surface area contributed by atoms with E-state index in [2.05, 4.69) is 10.2 Å². The molecule has 3 rings (SSSR count). The number of piperazine rings is 1. The Kier molecular flexibility index (Phi) is 5.91. The SMILES string of the molecule is CCc1nnc(N2CCN(C(=O)CCCc3ccccc3Cl)CC2)o1. The molecule has 0 atom stereocenters. The van der Waals surface area contributed by atoms with E-state index in [1.807, 2.05) is 41.0 Å². The van der Waals surface area contributed by atoms with Gasteiger partial charge in [-0.1, -0.05) is 41.8 Å². The van der Waals surface area contributed by atoms with Crippen LogP contribution in [0.25, 0.3) is 0 Å². The largest absolute Gasteiger partial charge is 0.408 e. The maximum Gasteiger partial charge on any atom is 0.318 e. The Morgan fingerprint density at radius 3 is 2.64 bits per heavy atom. The number of amides is 1. The van der Waals surface area contributed by atoms with Crippen molar-refractivity contribution in [1.82, 2.24) is 15.1 Å². The van der Waals surface area contributed by atoms with E-state index < -0.39 is 0 Å². The van der Waals surface area contributed by atoms with Gasteiger partial charge in [-0.15, -0.1) is 5.10 Å². The monoisotopic (exact) mass is 362 g/mol. The molecule has 0 N–H and O–H groups in total. The molecule has 0 saturated carbocycles. The molecule has 2 heterocycles. The third-order valence-corrected chi connectivity index (χ3v) is 4.82. The van der Waals surface area contributed by atoms with Crippen LogP contribution in [0.3, 0.4) is 0 Å². The summed E-state index contributed by atoms with van der Waals surface area (Å²) < 4.78 is 5.58. The normalized spacial score (nSPS) is 14.8. The molecule has 1 fully saturated rings. The van der Waals surface area contributed by atoms with E-state index in [-0.39, 0.29) is 5.91 Å². The van der Waals surface area contributed by atoms with Gasteiger partial charge in [-0.25, -0.2) is 0 Å². The first kappa shape index (κ1) is 17.7. The Morgan fingerprint density at radius 1 is 1.20 bits per heavy atom. The van der Waals surface area contributed by atoms with Gasteiger partial charge in [0.25, 0.3) is 0 Å². The maximum atomic E-state index is 12.4. The van der Waals surface area contributed by atoms with Gasteiger partial charge in [-0.3, -0.25) is 4.79 Å². The van der Waals surface area contributed by atoms with Crippen molar-refractivity contribution in [3.8, 4) is 0 Å². The predicted molar refractivity (Wildman–Crippen MR) is 96.9 cm³/mol. The summed E-state index contributed by atoms with van der Waals surface area (Å²) in [6, 6.07) is 8.36. The number of benzene rings is 1. The van der Waals surface area contributed by atoms with Crippen LogP contribution in [0, 0.1) is 0 Å². The van der Waals surface area contributed by atoms with Gasteiger partial charge in [0, 0.05) is 44.0 Å². The summed E-state index contributed by atoms with van der Waals surface area (Å²) in [7, 11) is 0. The van der Waals surface area contributed by atoms with Crippen LogP contribution in [-0.2, 0) is 17.6 Å². The van der Waals surface area contributed by atoms with Crippen LogP contribution in [0.1, 0.15) is 31.2 Å². The molecule has 0 aliphatic carbocycles. The van der Waals surface area contributed by atoms with E-state index in [4.69, 9.17) is 16.0 Å². The molecule has 1 amide bonds. The van der Waals surface area contributed by atoms with Gasteiger partial charge in [0.05, 0.1) is 0 Å². The summed E-state index contributed by atoms with van der Waals surface area (Å²) >= 11 is 6.15. The van der Waals surface area contributed by atoms with Crippen molar-refractivity contribution in [2.45, 2.75) is 32.6 Å². The van der Waals surface area contributed by atoms with Crippen molar-refractivity contribution < 1.29 is 9.21 Å². The lowest BCUT2D eigenvalue weighted by Crippen LogP contribution is -2.48. The molecule has 25 heavy (non-hydrogen) atoms. The van der Waals surface area contributed by atoms with Crippen molar-refractivity contribution >= 4 is 23.5 Å². The summed E-state index contributed by atoms with van der Waals surface area (Å²) in [6.07, 6.45) is 2.92. The lowest BCUT2D eigenvalue weighted by Gasteiger charge is -2.33. The van der Waals surface area contributed by atoms with Crippen molar-refractivity contribution in [1.29, 1.82) is 0 Å². The minimum atomic E-state index is 0.200. The Balaban J connectivity index is 1.43. The molecule has 1 aliphatic heterocycles. The highest BCUT2D eigenvalue weighted by atomic mass is 35.5. The molecule has 1 saturated heterocycles. The summed E-state index contributed by atoms with van der Waals surface area (Å²) in [5.74, 6) is 0.847. The lowest BCUT2D eigenvalue weighted by molar-refractivity contribution is -0.131. The molecule has 0 bridgehead atoms. The number of hydrogen-bond donors (Lipinski definition) is 0. The average Bonchev–Trinajstić information content (AvgIpc) is 3.12. The van der Waals surface area contributed by atoms with Crippen molar-refractivity contribution in [3.63, 3.8) is 0 Å². The second-order valence-corrected chi connectivity index (χ2v) is 6.55. The Hall–Kier alpha value is -2.08. The van der Waals surface area contributed by atoms with E-state index in [0.717, 1.165) is 42.9 Å². The molecule has 0 spiro atoms. The first-order valence-corrected chi connectivity index (χ1v) is 9.13. The number of carbonyl (C=O) groups is 1. The van der Waals surface area contributed by atoms with E-state index in [1.54, 1.807) is 0 Å². The Labute approximate surface area is 152 Å². The molecular weight excluding hydrogens is 340 g/mol. The molecule has 7 heteroatoms. The topological polar surface area (TPSA) is 62.5 Å². The van der Waals surface area contributed by atoms with Crippen molar-refractivity contribution in [2.75, 3.05) is 31.1 Å². The second-order valence-electron chi connectivity index (χ2n) is 6.14. The number of hydrogen-bond acceptors (Lipinski definition) is 5. The lowest BCUT2D eigenvalue weighted by atomic mass is 10.1. The number of halogens is 1. The fourth-order valence-corrected chi connectivity index (χ4v) is 3.18. The quantitative estimate of drug-likeness (QED) is 0.790. The van der Waals surface area contributed by atoms with Crippen LogP contribution in [0.5, 0.6) is 0 Å². The molecule has 0 unspecified atom stereocenters. The first-order valence-electron chi connectivity index (χ1n) is 8.76. The predicted octanol–water partition coefficient (Wildman–Crippen LogP) is 2.96. The van der Waals surface area contributed by atoms with Crippen LogP contribution in [0.15, 0.2) is 28.7 Å². The van der Waals surface area contributed by atoms with E-state index >= 15 is 0 Å². The molecule has 6 nitrogen and oxygen atoms in total. The highest BCUT2D eigenvalue weighted by molar-refractivity contribution is 6.31. The maximum absolute atomic E-state index is 12.4. The first-order chi connectivity index (χ1) is 12.2. The number of rotatable bonds is 6. The van der Waals surface area contributed by atoms with Crippen LogP contribution in [0.4, 0.5) is 6.01 Å². The van der Waals surface area contributed by atoms with Gasteiger partial charge in [-0.05, 0) is 24.5 Å². The molecule has 2 aromatic rings. The smallest absolute Gasteiger partial charge is 0.318 e. The zero-order valence-electron chi connectivity index (χ0n) is 14.4. The van der Waals surface area contributed by atoms with Gasteiger partial charge in [0.1, 0.15) is 0 Å². The summed E-state index contributed by atoms with van der Waals surface area (Å²) in [5.41, 5.74) is 1.10. The highest BCUT2D eigenvalue weighted by Gasteiger charge is 2.23. The van der Waals surface area contributed by atoms with Gasteiger partial charge >= 0.3 is 6.01 Å². The van der Waals surface area contributed by atoms with E-state index in [0.29, 0.717) is 31.4 Å². The molecule has 1 aromatic heterocycles. The van der Waals surface area contributed by atoms with Gasteiger partial charge in [0.15, 0.2) is 0 Å². The number of carbonyl (C=O) groups excluding carboxylic acids is 1. The fourth-order valence-electron chi connectivity index (χ4n) is 2.95. The highest BCUT2D eigenvalue weighted by Crippen LogP contribution is 2.18. The van der Waals surface area contributed by atoms with Crippen LogP contribution in [0.2, 0.25) is 5.02 Å². The molecule has 1 aliphatic rings. The summed E-state index contributed by atoms with van der Waals surface area (Å²) in [4.78, 5) is 16.3. The van der Waals surface area contributed by atoms with Gasteiger partial charge < -0.3 is 14.2 Å². The van der Waals surface area contributed by atoms with Gasteiger partial charge in [0.2, 0.25) is 11.8 Å². The number of aryl methyl sites for hydroxylation is 2. The minimum absolute atomic E-state index is 0.200. The molecular formula is C18H23ClN4O2. The Morgan fingerprint density at radius 2 is 1.96 bits per heavy atom. The molecule has 0 radical (unpaired) electrons. The fraction of sp³-hybridized carbons (Fsp3) is 0.500. The summed E-state index contributed by atoms with van der Waals surface area (Å²) in [6.45, 7) is 4.81. The summed E-state index contributed by atoms with van der Waals surface area (Å²) in [5, 5.41) is 8.83. The molecule has 134 valence electrons. The third-order valence-electron chi connectivity index (χ3n) is 4.46. The Bertz CT molecular complexity index is 711. The number of nitrogens with zero attached hydrogens (tertiary/aromatic N) is 4. The van der Waals surface area contributed by atoms with Gasteiger partial charge in [-0.2, -0.15) is 0 Å². The van der Waals surface area contributed by atoms with Crippen LogP contribution < -0.4 is 4.90 Å². The minimum Gasteiger partial charge on any atom is -0.408 e. The standard InChI is InChI=1S/C18H23ClN4O2/c1-2-16-20-21-18(25-16)23-12-10-22(11-13-23)17(24)9-5-7-14-6-3-4-8-15(14)19/h3-4,6,8H,2,5,7,9-13H2,1H3. The zero-order valence-corrected chi connectivity index (χ0v) is 15.2. The van der Waals surface area contributed by atoms with Crippen LogP contribution in [-0.4, -0.2) is 47.2 Å². The second kappa shape index (κ2) is 8.34. The van der Waals surface area contributed by atoms with E-state index in [9.17, 15) is 4.79 Å². The van der Waals surface area contributed by atoms with Crippen LogP contribution >= 0.6 is 11.6 Å².